The summed E-state index contributed by atoms with van der Waals surface area (Å²) in [5.41, 5.74) is 1.69. The standard InChI is InChI=1S/C18H27N5O3S.HI/c1-5-19-18(20-10-6-7-17-22-14(3)23-26-17)21-12-15-8-9-16(13(2)11-15)27(4,24)25;/h8-9,11H,5-7,10,12H2,1-4H3,(H2,19,20,21);1H. The van der Waals surface area contributed by atoms with Gasteiger partial charge in [-0.2, -0.15) is 4.98 Å². The molecule has 0 radical (unpaired) electrons. The molecule has 2 rings (SSSR count). The molecule has 0 aliphatic rings. The number of aliphatic imine (C=N–C) groups is 1. The van der Waals surface area contributed by atoms with E-state index < -0.39 is 9.84 Å². The van der Waals surface area contributed by atoms with Gasteiger partial charge in [0.05, 0.1) is 11.4 Å². The van der Waals surface area contributed by atoms with E-state index in [0.29, 0.717) is 35.5 Å². The van der Waals surface area contributed by atoms with E-state index in [1.54, 1.807) is 26.0 Å². The first-order valence-corrected chi connectivity index (χ1v) is 10.8. The molecule has 0 fully saturated rings. The average Bonchev–Trinajstić information content (AvgIpc) is 3.00. The van der Waals surface area contributed by atoms with Gasteiger partial charge < -0.3 is 15.2 Å². The molecule has 2 aromatic rings. The minimum Gasteiger partial charge on any atom is -0.357 e. The Labute approximate surface area is 183 Å². The van der Waals surface area contributed by atoms with Crippen LogP contribution in [0.3, 0.4) is 0 Å². The van der Waals surface area contributed by atoms with Crippen molar-refractivity contribution in [3.05, 3.63) is 41.0 Å². The van der Waals surface area contributed by atoms with Gasteiger partial charge in [0.15, 0.2) is 21.6 Å². The number of nitrogens with zero attached hydrogens (tertiary/aromatic N) is 3. The normalized spacial score (nSPS) is 11.8. The summed E-state index contributed by atoms with van der Waals surface area (Å²) in [6, 6.07) is 5.30. The van der Waals surface area contributed by atoms with E-state index in [1.165, 1.54) is 6.26 Å². The summed E-state index contributed by atoms with van der Waals surface area (Å²) < 4.78 is 28.5. The molecule has 0 unspecified atom stereocenters. The molecule has 0 saturated heterocycles. The second kappa shape index (κ2) is 11.3. The Balaban J connectivity index is 0.00000392. The third-order valence-electron chi connectivity index (χ3n) is 3.83. The van der Waals surface area contributed by atoms with Crippen LogP contribution in [0.4, 0.5) is 0 Å². The second-order valence-electron chi connectivity index (χ2n) is 6.33. The van der Waals surface area contributed by atoms with Crippen LogP contribution in [0.25, 0.3) is 0 Å². The highest BCUT2D eigenvalue weighted by atomic mass is 127. The predicted molar refractivity (Wildman–Crippen MR) is 120 cm³/mol. The number of halogens is 1. The van der Waals surface area contributed by atoms with Gasteiger partial charge in [-0.25, -0.2) is 13.4 Å². The molecule has 0 amide bonds. The first kappa shape index (κ1) is 24.3. The van der Waals surface area contributed by atoms with Gasteiger partial charge in [-0.3, -0.25) is 0 Å². The first-order valence-electron chi connectivity index (χ1n) is 8.90. The van der Waals surface area contributed by atoms with Crippen molar-refractivity contribution < 1.29 is 12.9 Å². The smallest absolute Gasteiger partial charge is 0.226 e. The van der Waals surface area contributed by atoms with E-state index in [4.69, 9.17) is 4.52 Å². The van der Waals surface area contributed by atoms with E-state index in [2.05, 4.69) is 25.8 Å². The zero-order valence-electron chi connectivity index (χ0n) is 16.7. The fraction of sp³-hybridized carbons (Fsp3) is 0.500. The Hall–Kier alpha value is -1.69. The number of sulfone groups is 1. The largest absolute Gasteiger partial charge is 0.357 e. The lowest BCUT2D eigenvalue weighted by molar-refractivity contribution is 0.372. The fourth-order valence-corrected chi connectivity index (χ4v) is 3.58. The number of aromatic nitrogens is 2. The number of aryl methyl sites for hydroxylation is 3. The first-order chi connectivity index (χ1) is 12.8. The zero-order chi connectivity index (χ0) is 19.9. The van der Waals surface area contributed by atoms with Crippen LogP contribution in [0, 0.1) is 13.8 Å². The number of hydrogen-bond donors (Lipinski definition) is 2. The molecule has 10 heteroatoms. The predicted octanol–water partition coefficient (Wildman–Crippen LogP) is 2.40. The van der Waals surface area contributed by atoms with Crippen LogP contribution in [0.1, 0.15) is 36.2 Å². The Bertz CT molecular complexity index is 896. The summed E-state index contributed by atoms with van der Waals surface area (Å²) >= 11 is 0. The molecule has 2 N–H and O–H groups in total. The van der Waals surface area contributed by atoms with Crippen LogP contribution in [-0.2, 0) is 22.8 Å². The van der Waals surface area contributed by atoms with Gasteiger partial charge in [-0.15, -0.1) is 24.0 Å². The van der Waals surface area contributed by atoms with Crippen LogP contribution in [0.5, 0.6) is 0 Å². The van der Waals surface area contributed by atoms with Crippen LogP contribution in [0.2, 0.25) is 0 Å². The SMILES string of the molecule is CCNC(=NCc1ccc(S(C)(=O)=O)c(C)c1)NCCCc1nc(C)no1.I. The summed E-state index contributed by atoms with van der Waals surface area (Å²) in [6.45, 7) is 7.53. The molecule has 0 aliphatic heterocycles. The molecule has 8 nitrogen and oxygen atoms in total. The summed E-state index contributed by atoms with van der Waals surface area (Å²) in [6.07, 6.45) is 2.77. The molecule has 0 bridgehead atoms. The molecule has 1 aromatic heterocycles. The molecule has 0 spiro atoms. The number of benzene rings is 1. The van der Waals surface area contributed by atoms with E-state index in [9.17, 15) is 8.42 Å². The summed E-state index contributed by atoms with van der Waals surface area (Å²) in [4.78, 5) is 9.09. The highest BCUT2D eigenvalue weighted by Crippen LogP contribution is 2.17. The second-order valence-corrected chi connectivity index (χ2v) is 8.32. The highest BCUT2D eigenvalue weighted by Gasteiger charge is 2.10. The Morgan fingerprint density at radius 1 is 1.25 bits per heavy atom. The zero-order valence-corrected chi connectivity index (χ0v) is 19.8. The third kappa shape index (κ3) is 7.74. The van der Waals surface area contributed by atoms with Crippen molar-refractivity contribution in [2.75, 3.05) is 19.3 Å². The lowest BCUT2D eigenvalue weighted by Gasteiger charge is -2.11. The monoisotopic (exact) mass is 521 g/mol. The quantitative estimate of drug-likeness (QED) is 0.238. The molecule has 28 heavy (non-hydrogen) atoms. The van der Waals surface area contributed by atoms with E-state index in [1.807, 2.05) is 13.0 Å². The van der Waals surface area contributed by atoms with Crippen molar-refractivity contribution in [1.29, 1.82) is 0 Å². The van der Waals surface area contributed by atoms with Gasteiger partial charge in [0.25, 0.3) is 0 Å². The van der Waals surface area contributed by atoms with Crippen molar-refractivity contribution in [3.63, 3.8) is 0 Å². The molecule has 1 heterocycles. The lowest BCUT2D eigenvalue weighted by Crippen LogP contribution is -2.37. The molecule has 0 aliphatic carbocycles. The molecule has 0 atom stereocenters. The molecular weight excluding hydrogens is 493 g/mol. The number of guanidine groups is 1. The van der Waals surface area contributed by atoms with E-state index >= 15 is 0 Å². The number of rotatable bonds is 8. The molecule has 1 aromatic carbocycles. The van der Waals surface area contributed by atoms with Crippen molar-refractivity contribution in [3.8, 4) is 0 Å². The maximum atomic E-state index is 11.7. The van der Waals surface area contributed by atoms with Crippen molar-refractivity contribution in [1.82, 2.24) is 20.8 Å². The third-order valence-corrected chi connectivity index (χ3v) is 5.09. The average molecular weight is 521 g/mol. The molecule has 156 valence electrons. The number of nitrogens with one attached hydrogen (secondary N) is 2. The molecule has 0 saturated carbocycles. The maximum absolute atomic E-state index is 11.7. The Kier molecular flexibility index (Phi) is 9.87. The van der Waals surface area contributed by atoms with Gasteiger partial charge in [-0.05, 0) is 44.4 Å². The number of hydrogen-bond acceptors (Lipinski definition) is 6. The summed E-state index contributed by atoms with van der Waals surface area (Å²) in [5.74, 6) is 1.99. The van der Waals surface area contributed by atoms with Crippen LogP contribution >= 0.6 is 24.0 Å². The Morgan fingerprint density at radius 3 is 2.57 bits per heavy atom. The topological polar surface area (TPSA) is 109 Å². The van der Waals surface area contributed by atoms with Crippen LogP contribution < -0.4 is 10.6 Å². The van der Waals surface area contributed by atoms with Crippen LogP contribution in [0.15, 0.2) is 32.6 Å². The maximum Gasteiger partial charge on any atom is 0.226 e. The summed E-state index contributed by atoms with van der Waals surface area (Å²) in [7, 11) is -3.20. The van der Waals surface area contributed by atoms with Crippen molar-refractivity contribution >= 4 is 39.8 Å². The fourth-order valence-electron chi connectivity index (χ4n) is 2.63. The van der Waals surface area contributed by atoms with E-state index in [0.717, 1.165) is 30.6 Å². The van der Waals surface area contributed by atoms with Crippen molar-refractivity contribution in [2.45, 2.75) is 45.1 Å². The lowest BCUT2D eigenvalue weighted by atomic mass is 10.1. The van der Waals surface area contributed by atoms with Gasteiger partial charge in [0.1, 0.15) is 0 Å². The van der Waals surface area contributed by atoms with Crippen molar-refractivity contribution in [2.24, 2.45) is 4.99 Å². The minimum atomic E-state index is -3.20. The Morgan fingerprint density at radius 2 is 2.00 bits per heavy atom. The molecular formula is C18H28IN5O3S. The minimum absolute atomic E-state index is 0. The van der Waals surface area contributed by atoms with E-state index in [-0.39, 0.29) is 24.0 Å². The van der Waals surface area contributed by atoms with Gasteiger partial charge in [0.2, 0.25) is 5.89 Å². The van der Waals surface area contributed by atoms with Crippen LogP contribution in [-0.4, -0.2) is 43.9 Å². The summed E-state index contributed by atoms with van der Waals surface area (Å²) in [5, 5.41) is 10.2. The van der Waals surface area contributed by atoms with Gasteiger partial charge in [-0.1, -0.05) is 17.3 Å². The highest BCUT2D eigenvalue weighted by molar-refractivity contribution is 14.0. The van der Waals surface area contributed by atoms with Gasteiger partial charge >= 0.3 is 0 Å². The van der Waals surface area contributed by atoms with Gasteiger partial charge in [0, 0.05) is 25.8 Å².